The number of azo groups is 3. The Hall–Kier alpha value is -6.28. The molecule has 6 aromatic carbocycles. The van der Waals surface area contributed by atoms with Crippen molar-refractivity contribution < 1.29 is 42.2 Å². The number of aromatic hydroxyl groups is 1. The fraction of sp³-hybridized carbons (Fsp3) is 0.128. The van der Waals surface area contributed by atoms with E-state index in [2.05, 4.69) is 41.0 Å². The summed E-state index contributed by atoms with van der Waals surface area (Å²) in [6.07, 6.45) is 0. The Labute approximate surface area is 331 Å². The van der Waals surface area contributed by atoms with Gasteiger partial charge < -0.3 is 19.9 Å². The van der Waals surface area contributed by atoms with E-state index in [9.17, 15) is 18.1 Å². The summed E-state index contributed by atoms with van der Waals surface area (Å²) in [4.78, 5) is -0.127. The third-order valence-corrected chi connectivity index (χ3v) is 10.0. The normalized spacial score (nSPS) is 12.0. The van der Waals surface area contributed by atoms with Crippen LogP contribution < -0.4 is 14.8 Å². The maximum atomic E-state index is 12.0. The average molecular weight is 810 g/mol. The number of methoxy groups -OCH3 is 2. The lowest BCUT2D eigenvalue weighted by atomic mass is 10.1. The van der Waals surface area contributed by atoms with Crippen molar-refractivity contribution in [3.05, 3.63) is 114 Å². The molecule has 0 aliphatic carbocycles. The minimum Gasteiger partial charge on any atom is -0.505 e. The topological polar surface area (TPSA) is 218 Å². The molecule has 0 heterocycles. The monoisotopic (exact) mass is 809 g/mol. The molecule has 0 saturated carbocycles. The maximum Gasteiger partial charge on any atom is 0.296 e. The van der Waals surface area contributed by atoms with E-state index >= 15 is 0 Å². The quantitative estimate of drug-likeness (QED) is 0.0266. The first-order valence-electron chi connectivity index (χ1n) is 16.9. The predicted octanol–water partition coefficient (Wildman–Crippen LogP) is 12.2. The number of aryl methyl sites for hydroxylation is 3. The Bertz CT molecular complexity index is 2660. The molecule has 0 aliphatic rings. The lowest BCUT2D eigenvalue weighted by Crippen LogP contribution is -1.99. The number of rotatable bonds is 14. The van der Waals surface area contributed by atoms with E-state index in [4.69, 9.17) is 19.1 Å². The van der Waals surface area contributed by atoms with Crippen molar-refractivity contribution in [1.29, 1.82) is 0 Å². The summed E-state index contributed by atoms with van der Waals surface area (Å²) in [7, 11) is -1.78. The number of hydrogen-bond acceptors (Lipinski definition) is 16. The second kappa shape index (κ2) is 17.7. The molecule has 57 heavy (non-hydrogen) atoms. The molecule has 0 atom stereocenters. The van der Waals surface area contributed by atoms with Gasteiger partial charge in [0.1, 0.15) is 33.5 Å². The number of phenols is 1. The van der Waals surface area contributed by atoms with Gasteiger partial charge in [-0.1, -0.05) is 23.2 Å². The minimum atomic E-state index is -4.61. The van der Waals surface area contributed by atoms with Crippen molar-refractivity contribution in [2.24, 2.45) is 30.7 Å². The fourth-order valence-electron chi connectivity index (χ4n) is 5.57. The van der Waals surface area contributed by atoms with Crippen LogP contribution in [0.3, 0.4) is 0 Å². The Morgan fingerprint density at radius 3 is 1.89 bits per heavy atom. The van der Waals surface area contributed by atoms with Crippen molar-refractivity contribution in [1.82, 2.24) is 0 Å². The zero-order valence-corrected chi connectivity index (χ0v) is 32.7. The van der Waals surface area contributed by atoms with E-state index in [1.54, 1.807) is 43.3 Å². The van der Waals surface area contributed by atoms with E-state index in [0.29, 0.717) is 67.3 Å². The zero-order valence-electron chi connectivity index (χ0n) is 31.0. The lowest BCUT2D eigenvalue weighted by molar-refractivity contribution is -0.432. The summed E-state index contributed by atoms with van der Waals surface area (Å²) in [5.41, 5.74) is 5.57. The highest BCUT2D eigenvalue weighted by molar-refractivity contribution is 7.94. The van der Waals surface area contributed by atoms with Crippen LogP contribution in [0.1, 0.15) is 16.7 Å². The first kappa shape index (κ1) is 40.4. The highest BCUT2D eigenvalue weighted by Gasteiger charge is 2.18. The number of para-hydroxylation sites is 1. The van der Waals surface area contributed by atoms with Gasteiger partial charge in [-0.15, -0.1) is 19.7 Å². The lowest BCUT2D eigenvalue weighted by Gasteiger charge is -2.12. The number of nitrogens with zero attached hydrogens (tertiary/aromatic N) is 6. The van der Waals surface area contributed by atoms with Gasteiger partial charge in [-0.25, -0.2) is 5.26 Å². The molecule has 0 radical (unpaired) electrons. The zero-order chi connectivity index (χ0) is 40.7. The Morgan fingerprint density at radius 2 is 1.26 bits per heavy atom. The Kier molecular flexibility index (Phi) is 12.5. The van der Waals surface area contributed by atoms with Gasteiger partial charge >= 0.3 is 0 Å². The summed E-state index contributed by atoms with van der Waals surface area (Å²) < 4.78 is 48.9. The van der Waals surface area contributed by atoms with Gasteiger partial charge in [-0.2, -0.15) is 23.8 Å². The Balaban J connectivity index is 1.25. The minimum absolute atomic E-state index is 0.0843. The fourth-order valence-corrected chi connectivity index (χ4v) is 6.71. The molecule has 0 bridgehead atoms. The van der Waals surface area contributed by atoms with E-state index < -0.39 is 15.0 Å². The van der Waals surface area contributed by atoms with E-state index in [0.717, 1.165) is 23.0 Å². The molecular formula is C39H35N7O9S2. The largest absolute Gasteiger partial charge is 0.505 e. The molecule has 0 fully saturated rings. The molecule has 0 aliphatic heterocycles. The number of fused-ring (bicyclic) bond motifs is 1. The number of phenolic OH excluding ortho intramolecular Hbond substituents is 1. The molecule has 4 N–H and O–H groups in total. The van der Waals surface area contributed by atoms with Crippen molar-refractivity contribution in [2.75, 3.05) is 19.5 Å². The highest BCUT2D eigenvalue weighted by atomic mass is 32.2. The van der Waals surface area contributed by atoms with Crippen molar-refractivity contribution in [3.63, 3.8) is 0 Å². The molecule has 18 heteroatoms. The van der Waals surface area contributed by atoms with Gasteiger partial charge in [0.25, 0.3) is 10.1 Å². The summed E-state index contributed by atoms with van der Waals surface area (Å²) in [6, 6.07) is 27.7. The van der Waals surface area contributed by atoms with Crippen LogP contribution in [0.25, 0.3) is 10.8 Å². The standard InChI is InChI=1S/C39H35N7O9S2/c1-22-16-32(44-46-38-36(56-55-54-48)19-25-18-27(11-13-29(25)39(38)47)40-26-9-7-6-8-10-26)23(2)15-31(22)42-45-34-17-24(3)33(21-35(34)53-5)43-41-30-14-12-28(52-4)20-37(30)57(49,50)51/h6-21,40,47-48H,1-5H3,(H,49,50,51). The van der Waals surface area contributed by atoms with Gasteiger partial charge in [0.15, 0.2) is 5.75 Å². The summed E-state index contributed by atoms with van der Waals surface area (Å²) in [5, 5.41) is 54.5. The Morgan fingerprint density at radius 1 is 0.649 bits per heavy atom. The van der Waals surface area contributed by atoms with Crippen molar-refractivity contribution >= 4 is 78.4 Å². The maximum absolute atomic E-state index is 12.0. The predicted molar refractivity (Wildman–Crippen MR) is 215 cm³/mol. The smallest absolute Gasteiger partial charge is 0.296 e. The second-order valence-corrected chi connectivity index (χ2v) is 14.5. The van der Waals surface area contributed by atoms with Crippen LogP contribution in [0.15, 0.2) is 138 Å². The SMILES string of the molecule is COc1ccc(N=Nc2cc(OC)c(N=Nc3cc(C)c(N=Nc4c(SOOO)cc5cc(Nc6ccccc6)ccc5c4O)cc3C)cc2C)c(S(=O)(=O)O)c1. The summed E-state index contributed by atoms with van der Waals surface area (Å²) in [5.74, 6) is 0.402. The van der Waals surface area contributed by atoms with E-state index in [-0.39, 0.29) is 22.9 Å². The number of nitrogens with one attached hydrogen (secondary N) is 1. The van der Waals surface area contributed by atoms with Crippen LogP contribution in [-0.4, -0.2) is 37.6 Å². The van der Waals surface area contributed by atoms with Crippen molar-refractivity contribution in [2.45, 2.75) is 30.6 Å². The van der Waals surface area contributed by atoms with Crippen LogP contribution >= 0.6 is 12.0 Å². The number of anilines is 2. The first-order chi connectivity index (χ1) is 27.4. The van der Waals surface area contributed by atoms with Crippen LogP contribution in [0, 0.1) is 20.8 Å². The van der Waals surface area contributed by atoms with Gasteiger partial charge in [0, 0.05) is 28.9 Å². The number of hydrogen-bond donors (Lipinski definition) is 4. The molecule has 0 amide bonds. The molecule has 0 unspecified atom stereocenters. The third kappa shape index (κ3) is 9.58. The van der Waals surface area contributed by atoms with E-state index in [1.807, 2.05) is 56.3 Å². The molecule has 0 spiro atoms. The molecule has 6 aromatic rings. The van der Waals surface area contributed by atoms with Crippen LogP contribution in [-0.2, 0) is 19.5 Å². The van der Waals surface area contributed by atoms with Gasteiger partial charge in [-0.05, 0) is 110 Å². The molecule has 0 saturated heterocycles. The average Bonchev–Trinajstić information content (AvgIpc) is 3.19. The molecule has 0 aromatic heterocycles. The first-order valence-corrected chi connectivity index (χ1v) is 19.0. The van der Waals surface area contributed by atoms with Gasteiger partial charge in [0.2, 0.25) is 0 Å². The molecular weight excluding hydrogens is 775 g/mol. The summed E-state index contributed by atoms with van der Waals surface area (Å²) >= 11 is 0.654. The van der Waals surface area contributed by atoms with Gasteiger partial charge in [-0.3, -0.25) is 4.55 Å². The number of benzene rings is 6. The highest BCUT2D eigenvalue weighted by Crippen LogP contribution is 2.45. The molecule has 292 valence electrons. The molecule has 6 rings (SSSR count). The van der Waals surface area contributed by atoms with Crippen LogP contribution in [0.5, 0.6) is 17.2 Å². The number of ether oxygens (including phenoxy) is 2. The molecule has 16 nitrogen and oxygen atoms in total. The second-order valence-electron chi connectivity index (χ2n) is 12.4. The van der Waals surface area contributed by atoms with Gasteiger partial charge in [0.05, 0.1) is 48.2 Å². The van der Waals surface area contributed by atoms with Crippen molar-refractivity contribution in [3.8, 4) is 17.2 Å². The summed E-state index contributed by atoms with van der Waals surface area (Å²) in [6.45, 7) is 5.43. The van der Waals surface area contributed by atoms with Crippen LogP contribution in [0.4, 0.5) is 45.5 Å². The van der Waals surface area contributed by atoms with Crippen LogP contribution in [0.2, 0.25) is 0 Å². The van der Waals surface area contributed by atoms with E-state index in [1.165, 1.54) is 26.4 Å². The third-order valence-electron chi connectivity index (χ3n) is 8.51.